The first-order valence-electron chi connectivity index (χ1n) is 35.2. The molecule has 3 fully saturated rings. The smallest absolute Gasteiger partial charge is 0.302 e. The fourth-order valence-corrected chi connectivity index (χ4v) is 12.6. The number of hydrogen-bond donors (Lipinski definition) is 4. The molecule has 28 heteroatoms. The molecular weight excluding hydrogens is 1260 g/mol. The third-order valence-electron chi connectivity index (χ3n) is 18.8. The molecule has 28 nitrogen and oxygen atoms in total. The van der Waals surface area contributed by atoms with E-state index in [4.69, 9.17) is 19.0 Å². The number of hydroxylamine groups is 2. The van der Waals surface area contributed by atoms with E-state index in [1.165, 1.54) is 94.5 Å². The van der Waals surface area contributed by atoms with Crippen molar-refractivity contribution in [1.29, 1.82) is 0 Å². The second-order valence-electron chi connectivity index (χ2n) is 29.0. The summed E-state index contributed by atoms with van der Waals surface area (Å²) in [7, 11) is 8.55. The number of amides is 11. The second-order valence-corrected chi connectivity index (χ2v) is 29.0. The first-order chi connectivity index (χ1) is 45.7. The first-order valence-corrected chi connectivity index (χ1v) is 35.2. The van der Waals surface area contributed by atoms with Crippen molar-refractivity contribution in [2.45, 2.75) is 241 Å². The number of nitrogens with zero attached hydrogens (tertiary/aromatic N) is 8. The number of likely N-dealkylation sites (N-methyl/N-ethyl adjacent to an activating group) is 6. The van der Waals surface area contributed by atoms with Crippen LogP contribution in [0.2, 0.25) is 0 Å². The maximum Gasteiger partial charge on any atom is 0.302 e. The summed E-state index contributed by atoms with van der Waals surface area (Å²) in [5.41, 5.74) is 0. The summed E-state index contributed by atoms with van der Waals surface area (Å²) in [4.78, 5) is 191. The van der Waals surface area contributed by atoms with E-state index in [-0.39, 0.29) is 56.7 Å². The van der Waals surface area contributed by atoms with Crippen LogP contribution < -0.4 is 21.3 Å². The fraction of sp³-hybridized carbons (Fsp3) is 0.800. The molecule has 0 spiro atoms. The van der Waals surface area contributed by atoms with Crippen LogP contribution in [0.5, 0.6) is 0 Å². The van der Waals surface area contributed by atoms with E-state index in [0.717, 1.165) is 36.0 Å². The van der Waals surface area contributed by atoms with E-state index in [1.807, 2.05) is 41.5 Å². The van der Waals surface area contributed by atoms with Crippen LogP contribution in [0.3, 0.4) is 0 Å². The Morgan fingerprint density at radius 1 is 0.541 bits per heavy atom. The van der Waals surface area contributed by atoms with Gasteiger partial charge in [0.25, 0.3) is 5.91 Å². The van der Waals surface area contributed by atoms with Gasteiger partial charge in [0.15, 0.2) is 6.04 Å². The number of unbranched alkanes of at least 4 members (excludes halogenated alkanes) is 1. The molecule has 3 aliphatic rings. The Hall–Kier alpha value is -6.78. The number of rotatable bonds is 21. The highest BCUT2D eigenvalue weighted by molar-refractivity contribution is 6.00. The minimum Gasteiger partial charge on any atom is -0.462 e. The zero-order chi connectivity index (χ0) is 74.5. The Labute approximate surface area is 583 Å². The summed E-state index contributed by atoms with van der Waals surface area (Å²) in [6.45, 7) is 32.7. The van der Waals surface area contributed by atoms with E-state index in [9.17, 15) is 33.6 Å². The van der Waals surface area contributed by atoms with Crippen molar-refractivity contribution in [3.63, 3.8) is 0 Å². The minimum atomic E-state index is -1.40. The topological polar surface area (TPSA) is 316 Å². The maximum absolute atomic E-state index is 15.3. The lowest BCUT2D eigenvalue weighted by Gasteiger charge is -2.50. The third kappa shape index (κ3) is 23.7. The summed E-state index contributed by atoms with van der Waals surface area (Å²) < 4.78 is 16.9. The van der Waals surface area contributed by atoms with Crippen molar-refractivity contribution in [1.82, 2.24) is 60.6 Å². The van der Waals surface area contributed by atoms with Crippen LogP contribution in [0, 0.1) is 35.5 Å². The molecule has 0 unspecified atom stereocenters. The van der Waals surface area contributed by atoms with Gasteiger partial charge in [0.2, 0.25) is 59.1 Å². The Morgan fingerprint density at radius 3 is 1.59 bits per heavy atom. The monoisotopic (exact) mass is 1390 g/mol. The molecule has 558 valence electrons. The highest BCUT2D eigenvalue weighted by Gasteiger charge is 2.55. The average Bonchev–Trinajstić information content (AvgIpc) is 0.756. The van der Waals surface area contributed by atoms with E-state index in [0.29, 0.717) is 26.1 Å². The Kier molecular flexibility index (Phi) is 34.8. The second kappa shape index (κ2) is 39.9. The molecule has 14 atom stereocenters. The highest BCUT2D eigenvalue weighted by Crippen LogP contribution is 2.34. The number of allylic oxidation sites excluding steroid dienone is 1. The summed E-state index contributed by atoms with van der Waals surface area (Å²) in [6, 6.07) is -13.9. The molecule has 3 aliphatic heterocycles. The molecule has 98 heavy (non-hydrogen) atoms. The summed E-state index contributed by atoms with van der Waals surface area (Å²) in [5.74, 6) is -10.3. The highest BCUT2D eigenvalue weighted by atomic mass is 16.7. The average molecular weight is 1390 g/mol. The third-order valence-corrected chi connectivity index (χ3v) is 18.8. The van der Waals surface area contributed by atoms with E-state index in [2.05, 4.69) is 26.2 Å². The predicted molar refractivity (Wildman–Crippen MR) is 369 cm³/mol. The van der Waals surface area contributed by atoms with Crippen molar-refractivity contribution in [3.8, 4) is 0 Å². The van der Waals surface area contributed by atoms with Gasteiger partial charge in [-0.05, 0) is 115 Å². The van der Waals surface area contributed by atoms with Crippen LogP contribution in [0.15, 0.2) is 12.2 Å². The molecule has 0 aromatic carbocycles. The molecule has 0 aliphatic carbocycles. The van der Waals surface area contributed by atoms with Crippen LogP contribution >= 0.6 is 0 Å². The number of carbonyl (C=O) groups excluding carboxylic acids is 12. The van der Waals surface area contributed by atoms with Gasteiger partial charge >= 0.3 is 5.97 Å². The summed E-state index contributed by atoms with van der Waals surface area (Å²) in [5, 5.41) is 12.1. The number of ether oxygens (including phenoxy) is 3. The SMILES string of the molecule is CC[C@@H]1NC(=O)[C@@H]2[C@@H]([C@H](C)C/C=C\COC(C)=O)ON2C(=O)[C@H](C(C)C)N(C)C(=O)[C@H](CC(C)C)N(C)C(=O)[C@H](CC(C)C)N(C)C(=O)[C@@H](C)NC(=O)[C@H](C)NC(=O)[C@H](CC(C)C)N(C)C(=O)[C@H](C(C)C)NC(=O)[C@H]([C@@H](C)OCCCCN2CCOCC2)N(C)C(=O)[C@@H](C)N(C)C1=O. The van der Waals surface area contributed by atoms with E-state index in [1.54, 1.807) is 60.6 Å². The molecular formula is C70H122N12O16. The molecule has 3 saturated heterocycles. The lowest BCUT2D eigenvalue weighted by atomic mass is 9.90. The number of morpholine rings is 1. The maximum atomic E-state index is 15.3. The van der Waals surface area contributed by atoms with Crippen molar-refractivity contribution in [2.24, 2.45) is 35.5 Å². The molecule has 4 N–H and O–H groups in total. The number of esters is 1. The van der Waals surface area contributed by atoms with Gasteiger partial charge in [-0.3, -0.25) is 67.3 Å². The molecule has 0 aromatic heterocycles. The molecule has 0 radical (unpaired) electrons. The quantitative estimate of drug-likeness (QED) is 0.0729. The molecule has 0 saturated carbocycles. The van der Waals surface area contributed by atoms with Crippen LogP contribution in [0.25, 0.3) is 0 Å². The predicted octanol–water partition coefficient (Wildman–Crippen LogP) is 3.00. The first kappa shape index (κ1) is 85.4. The van der Waals surface area contributed by atoms with Crippen LogP contribution in [-0.4, -0.2) is 277 Å². The number of carbonyl (C=O) groups is 12. The van der Waals surface area contributed by atoms with Gasteiger partial charge in [0, 0.05) is 68.9 Å². The molecule has 11 amide bonds. The van der Waals surface area contributed by atoms with Crippen molar-refractivity contribution >= 4 is 70.9 Å². The standard InChI is InChI=1S/C70H122N12O16/c1-24-51-66(90)75(18)48(15)65(89)80(23)57(49(16)96-33-28-26-30-81-31-35-95-36-32-81)62(86)74-55(43(8)9)69(93)76(19)52(37-40(2)3)61(85)71-46(13)60(84)72-47(14)64(88)77(20)53(38-41(4)5)67(91)78(21)54(39-42(6)7)68(92)79(22)56(44(10)11)70(94)82-58(63(87)73-51)59(98-82)45(12)29-25-27-34-97-50(17)83/h25,27,40-49,51-59H,24,26,28-39H2,1-23H3,(H,71,85)(H,72,84)(H,73,87)(H,74,86)/b27-25-/t45-,46+,47-,48-,49-,51+,52+,53+,54+,55+,56+,57+,58+,59-/m1/s1. The van der Waals surface area contributed by atoms with Crippen LogP contribution in [-0.2, 0) is 76.6 Å². The largest absolute Gasteiger partial charge is 0.462 e. The number of hydrogen-bond acceptors (Lipinski definition) is 17. The molecule has 0 bridgehead atoms. The lowest BCUT2D eigenvalue weighted by Crippen LogP contribution is -2.72. The fourth-order valence-electron chi connectivity index (χ4n) is 12.6. The van der Waals surface area contributed by atoms with Crippen LogP contribution in [0.4, 0.5) is 0 Å². The van der Waals surface area contributed by atoms with Crippen molar-refractivity contribution in [2.75, 3.05) is 88.3 Å². The Bertz CT molecular complexity index is 2740. The van der Waals surface area contributed by atoms with Gasteiger partial charge in [-0.15, -0.1) is 0 Å². The Morgan fingerprint density at radius 2 is 1.06 bits per heavy atom. The van der Waals surface area contributed by atoms with Gasteiger partial charge in [-0.25, -0.2) is 5.06 Å². The number of fused-ring (bicyclic) bond motifs is 1. The summed E-state index contributed by atoms with van der Waals surface area (Å²) in [6.07, 6.45) is 3.50. The van der Waals surface area contributed by atoms with E-state index < -0.39 is 167 Å². The normalized spacial score (nSPS) is 27.9. The van der Waals surface area contributed by atoms with Crippen LogP contribution in [0.1, 0.15) is 163 Å². The van der Waals surface area contributed by atoms with E-state index >= 15 is 24.0 Å². The summed E-state index contributed by atoms with van der Waals surface area (Å²) >= 11 is 0. The zero-order valence-electron chi connectivity index (χ0n) is 63.1. The van der Waals surface area contributed by atoms with Gasteiger partial charge in [-0.1, -0.05) is 95.2 Å². The van der Waals surface area contributed by atoms with Crippen molar-refractivity contribution in [3.05, 3.63) is 12.2 Å². The molecule has 0 aromatic rings. The zero-order valence-corrected chi connectivity index (χ0v) is 63.1. The van der Waals surface area contributed by atoms with Crippen molar-refractivity contribution < 1.29 is 76.6 Å². The van der Waals surface area contributed by atoms with Gasteiger partial charge in [0.05, 0.1) is 19.3 Å². The lowest BCUT2D eigenvalue weighted by molar-refractivity contribution is -0.321. The van der Waals surface area contributed by atoms with Gasteiger partial charge in [-0.2, -0.15) is 0 Å². The van der Waals surface area contributed by atoms with Gasteiger partial charge in [0.1, 0.15) is 73.1 Å². The number of nitrogens with one attached hydrogen (secondary N) is 4. The van der Waals surface area contributed by atoms with Gasteiger partial charge < -0.3 is 64.9 Å². The molecule has 3 rings (SSSR count). The minimum absolute atomic E-state index is 0.0108. The molecule has 3 heterocycles. The Balaban J connectivity index is 2.30.